The average Bonchev–Trinajstić information content (AvgIpc) is 2.17. The number of hydrogen-bond donors (Lipinski definition) is 2. The van der Waals surface area contributed by atoms with Crippen LogP contribution in [0.2, 0.25) is 0 Å². The minimum absolute atomic E-state index is 0.00493. The third-order valence-corrected chi connectivity index (χ3v) is 4.33. The minimum Gasteiger partial charge on any atom is -0.328 e. The van der Waals surface area contributed by atoms with Crippen LogP contribution in [0, 0.1) is 5.92 Å². The van der Waals surface area contributed by atoms with Crippen molar-refractivity contribution in [3.8, 4) is 0 Å². The molecule has 3 N–H and O–H groups in total. The van der Waals surface area contributed by atoms with Crippen molar-refractivity contribution in [2.45, 2.75) is 45.1 Å². The zero-order chi connectivity index (χ0) is 12.2. The second kappa shape index (κ2) is 5.63. The number of hydrogen-bond acceptors (Lipinski definition) is 4. The van der Waals surface area contributed by atoms with Crippen LogP contribution >= 0.6 is 0 Å². The maximum Gasteiger partial charge on any atom is 0.236 e. The maximum atomic E-state index is 11.7. The van der Waals surface area contributed by atoms with Crippen molar-refractivity contribution in [2.75, 3.05) is 5.75 Å². The van der Waals surface area contributed by atoms with Crippen LogP contribution in [0.15, 0.2) is 0 Å². The molecule has 0 bridgehead atoms. The number of nitrogens with one attached hydrogen (secondary N) is 1. The molecule has 16 heavy (non-hydrogen) atoms. The summed E-state index contributed by atoms with van der Waals surface area (Å²) in [6, 6.07) is 0.163. The predicted molar refractivity (Wildman–Crippen MR) is 62.2 cm³/mol. The molecule has 0 aromatic rings. The molecule has 0 unspecified atom stereocenters. The van der Waals surface area contributed by atoms with Crippen molar-refractivity contribution in [2.24, 2.45) is 11.7 Å². The van der Waals surface area contributed by atoms with Crippen molar-refractivity contribution in [3.63, 3.8) is 0 Å². The summed E-state index contributed by atoms with van der Waals surface area (Å²) in [7, 11) is -3.42. The van der Waals surface area contributed by atoms with E-state index in [4.69, 9.17) is 5.73 Å². The van der Waals surface area contributed by atoms with Crippen LogP contribution in [-0.4, -0.2) is 26.1 Å². The van der Waals surface area contributed by atoms with E-state index < -0.39 is 10.0 Å². The van der Waals surface area contributed by atoms with Gasteiger partial charge in [-0.3, -0.25) is 9.52 Å². The lowest BCUT2D eigenvalue weighted by molar-refractivity contribution is -0.124. The Morgan fingerprint density at radius 1 is 1.31 bits per heavy atom. The molecule has 0 heterocycles. The Balaban J connectivity index is 2.47. The van der Waals surface area contributed by atoms with Gasteiger partial charge in [-0.2, -0.15) is 0 Å². The third-order valence-electron chi connectivity index (χ3n) is 2.87. The Hall–Kier alpha value is -0.620. The van der Waals surface area contributed by atoms with Gasteiger partial charge < -0.3 is 5.73 Å². The molecule has 0 aromatic heterocycles. The Labute approximate surface area is 96.8 Å². The molecule has 0 radical (unpaired) electrons. The highest BCUT2D eigenvalue weighted by atomic mass is 32.2. The van der Waals surface area contributed by atoms with Crippen molar-refractivity contribution >= 4 is 15.9 Å². The summed E-state index contributed by atoms with van der Waals surface area (Å²) >= 11 is 0. The molecule has 1 aliphatic carbocycles. The van der Waals surface area contributed by atoms with Crippen LogP contribution in [0.3, 0.4) is 0 Å². The van der Waals surface area contributed by atoms with E-state index in [1.165, 1.54) is 0 Å². The quantitative estimate of drug-likeness (QED) is 0.751. The average molecular weight is 248 g/mol. The zero-order valence-electron chi connectivity index (χ0n) is 9.61. The fraction of sp³-hybridized carbons (Fsp3) is 0.900. The molecule has 0 saturated heterocycles. The van der Waals surface area contributed by atoms with Crippen molar-refractivity contribution in [1.29, 1.82) is 0 Å². The van der Waals surface area contributed by atoms with Gasteiger partial charge in [0.1, 0.15) is 0 Å². The van der Waals surface area contributed by atoms with Gasteiger partial charge in [0.2, 0.25) is 15.9 Å². The normalized spacial score (nSPS) is 26.4. The molecule has 0 aromatic carbocycles. The molecule has 1 fully saturated rings. The molecule has 0 atom stereocenters. The molecular weight excluding hydrogens is 228 g/mol. The van der Waals surface area contributed by atoms with Gasteiger partial charge in [-0.15, -0.1) is 0 Å². The van der Waals surface area contributed by atoms with Crippen molar-refractivity contribution in [1.82, 2.24) is 4.72 Å². The van der Waals surface area contributed by atoms with Crippen LogP contribution in [0.4, 0.5) is 0 Å². The van der Waals surface area contributed by atoms with Gasteiger partial charge in [-0.1, -0.05) is 6.92 Å². The Morgan fingerprint density at radius 3 is 2.38 bits per heavy atom. The van der Waals surface area contributed by atoms with Crippen LogP contribution in [0.5, 0.6) is 0 Å². The number of amides is 1. The molecule has 5 nitrogen and oxygen atoms in total. The topological polar surface area (TPSA) is 89.3 Å². The van der Waals surface area contributed by atoms with E-state index in [0.29, 0.717) is 19.3 Å². The largest absolute Gasteiger partial charge is 0.328 e. The smallest absolute Gasteiger partial charge is 0.236 e. The summed E-state index contributed by atoms with van der Waals surface area (Å²) in [5.74, 6) is -0.544. The summed E-state index contributed by atoms with van der Waals surface area (Å²) < 4.78 is 24.9. The van der Waals surface area contributed by atoms with E-state index in [-0.39, 0.29) is 23.6 Å². The first-order chi connectivity index (χ1) is 7.44. The molecule has 1 aliphatic rings. The predicted octanol–water partition coefficient (Wildman–Crippen LogP) is 0.360. The highest BCUT2D eigenvalue weighted by Gasteiger charge is 2.26. The summed E-state index contributed by atoms with van der Waals surface area (Å²) in [5, 5.41) is 0. The van der Waals surface area contributed by atoms with E-state index in [1.54, 1.807) is 6.92 Å². The first kappa shape index (κ1) is 13.4. The second-order valence-electron chi connectivity index (χ2n) is 4.40. The number of carbonyl (C=O) groups is 1. The van der Waals surface area contributed by atoms with Gasteiger partial charge in [0.15, 0.2) is 0 Å². The fourth-order valence-electron chi connectivity index (χ4n) is 1.94. The molecule has 94 valence electrons. The van der Waals surface area contributed by atoms with Crippen molar-refractivity contribution < 1.29 is 13.2 Å². The van der Waals surface area contributed by atoms with Gasteiger partial charge in [0.25, 0.3) is 0 Å². The van der Waals surface area contributed by atoms with Crippen LogP contribution in [0.25, 0.3) is 0 Å². The van der Waals surface area contributed by atoms with Crippen LogP contribution in [-0.2, 0) is 14.8 Å². The molecular formula is C10H20N2O3S. The molecule has 1 amide bonds. The third kappa shape index (κ3) is 4.09. The number of carbonyl (C=O) groups excluding carboxylic acids is 1. The second-order valence-corrected chi connectivity index (χ2v) is 6.24. The molecule has 6 heteroatoms. The summed E-state index contributed by atoms with van der Waals surface area (Å²) in [5.41, 5.74) is 5.72. The van der Waals surface area contributed by atoms with E-state index in [9.17, 15) is 13.2 Å². The number of nitrogens with two attached hydrogens (primary N) is 1. The molecule has 1 rings (SSSR count). The van der Waals surface area contributed by atoms with Gasteiger partial charge in [0.05, 0.1) is 5.75 Å². The van der Waals surface area contributed by atoms with Gasteiger partial charge in [-0.25, -0.2) is 8.42 Å². The molecule has 0 spiro atoms. The fourth-order valence-corrected chi connectivity index (χ4v) is 3.05. The first-order valence-electron chi connectivity index (χ1n) is 5.74. The number of sulfonamides is 1. The molecule has 0 aliphatic heterocycles. The van der Waals surface area contributed by atoms with Crippen LogP contribution in [0.1, 0.15) is 39.0 Å². The summed E-state index contributed by atoms with van der Waals surface area (Å²) in [4.78, 5) is 11.7. The van der Waals surface area contributed by atoms with Gasteiger partial charge >= 0.3 is 0 Å². The SMILES string of the molecule is CCCS(=O)(=O)NC(=O)C1CCC(N)CC1. The summed E-state index contributed by atoms with van der Waals surface area (Å²) in [6.45, 7) is 1.77. The Kier molecular flexibility index (Phi) is 4.73. The van der Waals surface area contributed by atoms with Crippen LogP contribution < -0.4 is 10.5 Å². The van der Waals surface area contributed by atoms with E-state index in [1.807, 2.05) is 0 Å². The lowest BCUT2D eigenvalue weighted by Crippen LogP contribution is -2.39. The van der Waals surface area contributed by atoms with Gasteiger partial charge in [-0.05, 0) is 32.1 Å². The Morgan fingerprint density at radius 2 is 1.88 bits per heavy atom. The summed E-state index contributed by atoms with van der Waals surface area (Å²) in [6.07, 6.45) is 3.49. The Bertz CT molecular complexity index is 332. The minimum atomic E-state index is -3.42. The number of rotatable bonds is 4. The van der Waals surface area contributed by atoms with Crippen molar-refractivity contribution in [3.05, 3.63) is 0 Å². The standard InChI is InChI=1S/C10H20N2O3S/c1-2-7-16(14,15)12-10(13)8-3-5-9(11)6-4-8/h8-9H,2-7,11H2,1H3,(H,12,13). The molecule has 1 saturated carbocycles. The van der Waals surface area contributed by atoms with E-state index in [2.05, 4.69) is 4.72 Å². The lowest BCUT2D eigenvalue weighted by Gasteiger charge is -2.24. The maximum absolute atomic E-state index is 11.7. The first-order valence-corrected chi connectivity index (χ1v) is 7.39. The monoisotopic (exact) mass is 248 g/mol. The zero-order valence-corrected chi connectivity index (χ0v) is 10.4. The van der Waals surface area contributed by atoms with E-state index in [0.717, 1.165) is 12.8 Å². The highest BCUT2D eigenvalue weighted by molar-refractivity contribution is 7.90. The lowest BCUT2D eigenvalue weighted by atomic mass is 9.86. The van der Waals surface area contributed by atoms with E-state index >= 15 is 0 Å². The highest BCUT2D eigenvalue weighted by Crippen LogP contribution is 2.23. The van der Waals surface area contributed by atoms with Gasteiger partial charge in [0, 0.05) is 12.0 Å².